The summed E-state index contributed by atoms with van der Waals surface area (Å²) in [5, 5.41) is 2.95. The van der Waals surface area contributed by atoms with Gasteiger partial charge in [-0.1, -0.05) is 19.3 Å². The number of amides is 2. The predicted molar refractivity (Wildman–Crippen MR) is 78.7 cm³/mol. The first-order chi connectivity index (χ1) is 10.2. The summed E-state index contributed by atoms with van der Waals surface area (Å²) in [5.41, 5.74) is 0. The molecule has 2 saturated carbocycles. The second-order valence-electron chi connectivity index (χ2n) is 6.68. The summed E-state index contributed by atoms with van der Waals surface area (Å²) in [6.45, 7) is 0.201. The van der Waals surface area contributed by atoms with Crippen molar-refractivity contribution in [3.63, 3.8) is 0 Å². The van der Waals surface area contributed by atoms with Gasteiger partial charge >= 0.3 is 0 Å². The number of nitrogens with zero attached hydrogens (tertiary/aromatic N) is 1. The Balaban J connectivity index is 1.74. The minimum Gasteiger partial charge on any atom is -0.379 e. The smallest absolute Gasteiger partial charge is 0.246 e. The molecule has 0 radical (unpaired) electrons. The van der Waals surface area contributed by atoms with Crippen molar-refractivity contribution < 1.29 is 14.3 Å². The van der Waals surface area contributed by atoms with E-state index in [0.717, 1.165) is 32.1 Å². The number of nitrogens with one attached hydrogen (secondary N) is 1. The zero-order chi connectivity index (χ0) is 14.8. The van der Waals surface area contributed by atoms with Crippen molar-refractivity contribution in [2.75, 3.05) is 13.7 Å². The Labute approximate surface area is 126 Å². The molecule has 5 nitrogen and oxygen atoms in total. The largest absolute Gasteiger partial charge is 0.379 e. The second-order valence-corrected chi connectivity index (χ2v) is 6.68. The molecule has 1 saturated heterocycles. The lowest BCUT2D eigenvalue weighted by Gasteiger charge is -2.41. The molecule has 5 heteroatoms. The van der Waals surface area contributed by atoms with Crippen LogP contribution in [0.3, 0.4) is 0 Å². The van der Waals surface area contributed by atoms with Crippen molar-refractivity contribution in [2.24, 2.45) is 5.92 Å². The van der Waals surface area contributed by atoms with E-state index in [-0.39, 0.29) is 36.5 Å². The van der Waals surface area contributed by atoms with E-state index in [1.807, 2.05) is 0 Å². The number of hydrogen-bond donors (Lipinski definition) is 1. The highest BCUT2D eigenvalue weighted by molar-refractivity contribution is 5.95. The molecule has 1 N–H and O–H groups in total. The maximum absolute atomic E-state index is 12.9. The number of rotatable bonds is 3. The first-order valence-electron chi connectivity index (χ1n) is 8.33. The van der Waals surface area contributed by atoms with Crippen molar-refractivity contribution in [2.45, 2.75) is 69.6 Å². The van der Waals surface area contributed by atoms with Crippen LogP contribution < -0.4 is 5.32 Å². The molecular weight excluding hydrogens is 268 g/mol. The van der Waals surface area contributed by atoms with Crippen molar-refractivity contribution in [1.82, 2.24) is 10.2 Å². The molecule has 2 aliphatic carbocycles. The van der Waals surface area contributed by atoms with Crippen molar-refractivity contribution in [3.8, 4) is 0 Å². The summed E-state index contributed by atoms with van der Waals surface area (Å²) >= 11 is 0. The van der Waals surface area contributed by atoms with Gasteiger partial charge in [0.05, 0.1) is 18.7 Å². The number of ether oxygens (including phenoxy) is 1. The summed E-state index contributed by atoms with van der Waals surface area (Å²) in [5.74, 6) is 0.433. The highest BCUT2D eigenvalue weighted by Crippen LogP contribution is 2.32. The fourth-order valence-electron chi connectivity index (χ4n) is 4.30. The highest BCUT2D eigenvalue weighted by Gasteiger charge is 2.43. The third-order valence-corrected chi connectivity index (χ3v) is 5.42. The van der Waals surface area contributed by atoms with E-state index in [2.05, 4.69) is 5.32 Å². The summed E-state index contributed by atoms with van der Waals surface area (Å²) in [7, 11) is 1.70. The molecule has 0 spiro atoms. The zero-order valence-corrected chi connectivity index (χ0v) is 12.8. The van der Waals surface area contributed by atoms with Crippen LogP contribution in [0.5, 0.6) is 0 Å². The van der Waals surface area contributed by atoms with Crippen molar-refractivity contribution >= 4 is 11.8 Å². The molecule has 0 bridgehead atoms. The molecule has 0 aromatic carbocycles. The molecule has 3 fully saturated rings. The van der Waals surface area contributed by atoms with Crippen LogP contribution in [-0.4, -0.2) is 48.6 Å². The maximum Gasteiger partial charge on any atom is 0.246 e. The fraction of sp³-hybridized carbons (Fsp3) is 0.875. The molecule has 1 heterocycles. The molecule has 3 atom stereocenters. The van der Waals surface area contributed by atoms with Gasteiger partial charge in [-0.05, 0) is 38.0 Å². The van der Waals surface area contributed by atoms with E-state index >= 15 is 0 Å². The lowest BCUT2D eigenvalue weighted by molar-refractivity contribution is -0.151. The Hall–Kier alpha value is -1.10. The quantitative estimate of drug-likeness (QED) is 0.857. The van der Waals surface area contributed by atoms with Crippen molar-refractivity contribution in [3.05, 3.63) is 0 Å². The minimum absolute atomic E-state index is 0.00748. The molecule has 2 amide bonds. The Morgan fingerprint density at radius 2 is 1.81 bits per heavy atom. The molecule has 1 aliphatic heterocycles. The van der Waals surface area contributed by atoms with Gasteiger partial charge in [0, 0.05) is 7.11 Å². The van der Waals surface area contributed by atoms with Crippen LogP contribution in [-0.2, 0) is 14.3 Å². The molecule has 3 unspecified atom stereocenters. The van der Waals surface area contributed by atoms with Crippen LogP contribution in [0, 0.1) is 5.92 Å². The molecule has 3 rings (SSSR count). The summed E-state index contributed by atoms with van der Waals surface area (Å²) in [6.07, 6.45) is 8.82. The van der Waals surface area contributed by atoms with Gasteiger partial charge in [0.15, 0.2) is 0 Å². The first kappa shape index (κ1) is 14.8. The summed E-state index contributed by atoms with van der Waals surface area (Å²) < 4.78 is 5.52. The van der Waals surface area contributed by atoms with E-state index in [4.69, 9.17) is 4.74 Å². The van der Waals surface area contributed by atoms with E-state index in [1.54, 1.807) is 12.0 Å². The number of carbonyl (C=O) groups is 2. The van der Waals surface area contributed by atoms with Crippen LogP contribution in [0.15, 0.2) is 0 Å². The third kappa shape index (κ3) is 2.93. The Bertz CT molecular complexity index is 406. The van der Waals surface area contributed by atoms with Gasteiger partial charge in [-0.25, -0.2) is 0 Å². The van der Waals surface area contributed by atoms with Gasteiger partial charge in [-0.15, -0.1) is 0 Å². The summed E-state index contributed by atoms with van der Waals surface area (Å²) in [4.78, 5) is 26.8. The van der Waals surface area contributed by atoms with E-state index < -0.39 is 0 Å². The fourth-order valence-corrected chi connectivity index (χ4v) is 4.30. The van der Waals surface area contributed by atoms with E-state index in [1.165, 1.54) is 19.3 Å². The molecular formula is C16H26N2O3. The van der Waals surface area contributed by atoms with Gasteiger partial charge in [0.2, 0.25) is 11.8 Å². The Morgan fingerprint density at radius 3 is 2.52 bits per heavy atom. The predicted octanol–water partition coefficient (Wildman–Crippen LogP) is 1.46. The number of hydrogen-bond acceptors (Lipinski definition) is 3. The lowest BCUT2D eigenvalue weighted by Crippen LogP contribution is -2.64. The SMILES string of the molecule is COC1CCCC1N1CC(=O)NC(C2CCCCC2)C1=O. The highest BCUT2D eigenvalue weighted by atomic mass is 16.5. The van der Waals surface area contributed by atoms with Crippen LogP contribution in [0.2, 0.25) is 0 Å². The number of methoxy groups -OCH3 is 1. The van der Waals surface area contributed by atoms with Gasteiger partial charge in [-0.2, -0.15) is 0 Å². The lowest BCUT2D eigenvalue weighted by atomic mass is 9.82. The Morgan fingerprint density at radius 1 is 1.05 bits per heavy atom. The average Bonchev–Trinajstić information content (AvgIpc) is 2.98. The summed E-state index contributed by atoms with van der Waals surface area (Å²) in [6, 6.07) is -0.218. The van der Waals surface area contributed by atoms with E-state index in [0.29, 0.717) is 5.92 Å². The monoisotopic (exact) mass is 294 g/mol. The second kappa shape index (κ2) is 6.34. The topological polar surface area (TPSA) is 58.6 Å². The van der Waals surface area contributed by atoms with Gasteiger partial charge in [-0.3, -0.25) is 9.59 Å². The molecule has 0 aromatic heterocycles. The average molecular weight is 294 g/mol. The van der Waals surface area contributed by atoms with Gasteiger partial charge < -0.3 is 15.0 Å². The van der Waals surface area contributed by atoms with Crippen LogP contribution in [0.1, 0.15) is 51.4 Å². The van der Waals surface area contributed by atoms with Crippen LogP contribution in [0.4, 0.5) is 0 Å². The third-order valence-electron chi connectivity index (χ3n) is 5.42. The van der Waals surface area contributed by atoms with Crippen LogP contribution in [0.25, 0.3) is 0 Å². The Kier molecular flexibility index (Phi) is 4.48. The molecule has 21 heavy (non-hydrogen) atoms. The molecule has 3 aliphatic rings. The van der Waals surface area contributed by atoms with Crippen LogP contribution >= 0.6 is 0 Å². The number of carbonyl (C=O) groups excluding carboxylic acids is 2. The first-order valence-corrected chi connectivity index (χ1v) is 8.33. The maximum atomic E-state index is 12.9. The number of piperazine rings is 1. The van der Waals surface area contributed by atoms with E-state index in [9.17, 15) is 9.59 Å². The van der Waals surface area contributed by atoms with Gasteiger partial charge in [0.1, 0.15) is 6.04 Å². The normalized spacial score (nSPS) is 35.1. The standard InChI is InChI=1S/C16H26N2O3/c1-21-13-9-5-8-12(13)18-10-14(19)17-15(16(18)20)11-6-3-2-4-7-11/h11-13,15H,2-10H2,1H3,(H,17,19). The minimum atomic E-state index is -0.301. The molecule has 0 aromatic rings. The molecule has 118 valence electrons. The van der Waals surface area contributed by atoms with Gasteiger partial charge in [0.25, 0.3) is 0 Å². The zero-order valence-electron chi connectivity index (χ0n) is 12.8. The van der Waals surface area contributed by atoms with Crippen molar-refractivity contribution in [1.29, 1.82) is 0 Å².